The van der Waals surface area contributed by atoms with Gasteiger partial charge in [-0.3, -0.25) is 15.1 Å². The molecule has 7 nitrogen and oxygen atoms in total. The molecule has 0 fully saturated rings. The summed E-state index contributed by atoms with van der Waals surface area (Å²) in [5, 5.41) is 13.7. The lowest BCUT2D eigenvalue weighted by Gasteiger charge is -2.08. The van der Waals surface area contributed by atoms with Crippen molar-refractivity contribution in [2.75, 3.05) is 5.32 Å². The zero-order chi connectivity index (χ0) is 18.3. The van der Waals surface area contributed by atoms with Crippen LogP contribution in [0.1, 0.15) is 0 Å². The number of aryl methyl sites for hydroxylation is 1. The van der Waals surface area contributed by atoms with Crippen LogP contribution >= 0.6 is 11.3 Å². The molecular formula is C17H12FN5O2S. The van der Waals surface area contributed by atoms with Gasteiger partial charge < -0.3 is 9.88 Å². The van der Waals surface area contributed by atoms with Crippen LogP contribution in [0.25, 0.3) is 20.8 Å². The lowest BCUT2D eigenvalue weighted by molar-refractivity contribution is -0.385. The van der Waals surface area contributed by atoms with E-state index in [0.717, 1.165) is 26.9 Å². The number of fused-ring (bicyclic) bond motifs is 1. The maximum absolute atomic E-state index is 14.2. The highest BCUT2D eigenvalue weighted by molar-refractivity contribution is 7.22. The zero-order valence-corrected chi connectivity index (χ0v) is 14.3. The predicted octanol–water partition coefficient (Wildman–Crippen LogP) is 4.49. The Hall–Kier alpha value is -3.33. The Labute approximate surface area is 150 Å². The number of imidazole rings is 1. The standard InChI is InChI=1S/C17H12FN5O2S/c1-22-8-15(20-9-22)16-7-14-17(26-16)13(4-5-19-14)21-12-3-2-10(23(24)25)6-11(12)18/h2-9H,1H3,(H,19,21). The van der Waals surface area contributed by atoms with E-state index in [4.69, 9.17) is 0 Å². The van der Waals surface area contributed by atoms with Crippen molar-refractivity contribution in [3.05, 3.63) is 65.0 Å². The molecule has 0 aliphatic heterocycles. The monoisotopic (exact) mass is 369 g/mol. The molecule has 26 heavy (non-hydrogen) atoms. The summed E-state index contributed by atoms with van der Waals surface area (Å²) >= 11 is 1.49. The Morgan fingerprint density at radius 1 is 1.23 bits per heavy atom. The van der Waals surface area contributed by atoms with Crippen LogP contribution in [0.2, 0.25) is 0 Å². The first-order valence-electron chi connectivity index (χ1n) is 7.59. The number of non-ortho nitro benzene ring substituents is 1. The maximum Gasteiger partial charge on any atom is 0.272 e. The maximum atomic E-state index is 14.2. The van der Waals surface area contributed by atoms with Gasteiger partial charge in [-0.2, -0.15) is 0 Å². The van der Waals surface area contributed by atoms with E-state index in [-0.39, 0.29) is 11.4 Å². The highest BCUT2D eigenvalue weighted by atomic mass is 32.1. The Morgan fingerprint density at radius 3 is 2.77 bits per heavy atom. The third-order valence-electron chi connectivity index (χ3n) is 3.80. The first kappa shape index (κ1) is 16.2. The van der Waals surface area contributed by atoms with Gasteiger partial charge in [0, 0.05) is 25.5 Å². The fourth-order valence-electron chi connectivity index (χ4n) is 2.57. The van der Waals surface area contributed by atoms with E-state index in [1.165, 1.54) is 23.5 Å². The quantitative estimate of drug-likeness (QED) is 0.423. The van der Waals surface area contributed by atoms with Crippen molar-refractivity contribution in [1.29, 1.82) is 0 Å². The van der Waals surface area contributed by atoms with Crippen LogP contribution in [-0.4, -0.2) is 19.5 Å². The molecule has 0 bridgehead atoms. The van der Waals surface area contributed by atoms with Gasteiger partial charge in [-0.05, 0) is 18.2 Å². The first-order chi connectivity index (χ1) is 12.5. The number of rotatable bonds is 4. The number of thiophene rings is 1. The van der Waals surface area contributed by atoms with E-state index >= 15 is 0 Å². The number of hydrogen-bond acceptors (Lipinski definition) is 6. The van der Waals surface area contributed by atoms with Gasteiger partial charge in [-0.15, -0.1) is 11.3 Å². The van der Waals surface area contributed by atoms with Crippen LogP contribution in [0.3, 0.4) is 0 Å². The number of benzene rings is 1. The van der Waals surface area contributed by atoms with Crippen molar-refractivity contribution in [2.45, 2.75) is 0 Å². The fraction of sp³-hybridized carbons (Fsp3) is 0.0588. The SMILES string of the molecule is Cn1cnc(-c2cc3nccc(Nc4ccc([N+](=O)[O-])cc4F)c3s2)c1. The number of nitro benzene ring substituents is 1. The van der Waals surface area contributed by atoms with E-state index < -0.39 is 10.7 Å². The van der Waals surface area contributed by atoms with Gasteiger partial charge in [0.25, 0.3) is 5.69 Å². The van der Waals surface area contributed by atoms with Crippen LogP contribution in [0.15, 0.2) is 49.1 Å². The summed E-state index contributed by atoms with van der Waals surface area (Å²) in [6.45, 7) is 0. The van der Waals surface area contributed by atoms with Crippen LogP contribution in [-0.2, 0) is 7.05 Å². The Balaban J connectivity index is 1.73. The topological polar surface area (TPSA) is 85.9 Å². The molecule has 1 N–H and O–H groups in total. The second-order valence-electron chi connectivity index (χ2n) is 5.65. The molecule has 4 aromatic rings. The lowest BCUT2D eigenvalue weighted by atomic mass is 10.2. The summed E-state index contributed by atoms with van der Waals surface area (Å²) in [7, 11) is 1.90. The van der Waals surface area contributed by atoms with Crippen molar-refractivity contribution >= 4 is 38.6 Å². The third kappa shape index (κ3) is 2.88. The summed E-state index contributed by atoms with van der Waals surface area (Å²) in [6.07, 6.45) is 5.26. The van der Waals surface area contributed by atoms with Gasteiger partial charge in [0.05, 0.1) is 49.5 Å². The number of halogens is 1. The molecule has 0 unspecified atom stereocenters. The molecule has 0 saturated carbocycles. The van der Waals surface area contributed by atoms with E-state index in [1.54, 1.807) is 18.6 Å². The second kappa shape index (κ2) is 6.19. The lowest BCUT2D eigenvalue weighted by Crippen LogP contribution is -1.96. The second-order valence-corrected chi connectivity index (χ2v) is 6.71. The number of hydrogen-bond donors (Lipinski definition) is 1. The smallest absolute Gasteiger partial charge is 0.272 e. The van der Waals surface area contributed by atoms with Gasteiger partial charge in [-0.1, -0.05) is 0 Å². The molecule has 1 aromatic carbocycles. The van der Waals surface area contributed by atoms with E-state index in [1.807, 2.05) is 23.9 Å². The van der Waals surface area contributed by atoms with Gasteiger partial charge in [0.1, 0.15) is 0 Å². The number of pyridine rings is 1. The van der Waals surface area contributed by atoms with E-state index in [0.29, 0.717) is 5.69 Å². The van der Waals surface area contributed by atoms with Crippen molar-refractivity contribution in [3.8, 4) is 10.6 Å². The summed E-state index contributed by atoms with van der Waals surface area (Å²) < 4.78 is 16.9. The summed E-state index contributed by atoms with van der Waals surface area (Å²) in [5.74, 6) is -0.689. The first-order valence-corrected chi connectivity index (χ1v) is 8.41. The summed E-state index contributed by atoms with van der Waals surface area (Å²) in [5.41, 5.74) is 2.15. The highest BCUT2D eigenvalue weighted by Crippen LogP contribution is 2.37. The molecule has 0 atom stereocenters. The average molecular weight is 369 g/mol. The number of nitro groups is 1. The van der Waals surface area contributed by atoms with Crippen molar-refractivity contribution in [3.63, 3.8) is 0 Å². The molecular weight excluding hydrogens is 357 g/mol. The molecule has 9 heteroatoms. The molecule has 0 spiro atoms. The van der Waals surface area contributed by atoms with E-state index in [2.05, 4.69) is 15.3 Å². The van der Waals surface area contributed by atoms with Crippen molar-refractivity contribution in [2.24, 2.45) is 7.05 Å². The largest absolute Gasteiger partial charge is 0.352 e. The van der Waals surface area contributed by atoms with Crippen LogP contribution in [0, 0.1) is 15.9 Å². The minimum absolute atomic E-state index is 0.163. The number of anilines is 2. The van der Waals surface area contributed by atoms with Crippen LogP contribution in [0.5, 0.6) is 0 Å². The summed E-state index contributed by atoms with van der Waals surface area (Å²) in [4.78, 5) is 19.7. The predicted molar refractivity (Wildman–Crippen MR) is 98.2 cm³/mol. The third-order valence-corrected chi connectivity index (χ3v) is 4.98. The average Bonchev–Trinajstić information content (AvgIpc) is 3.23. The molecule has 0 aliphatic rings. The minimum Gasteiger partial charge on any atom is -0.352 e. The Bertz CT molecular complexity index is 1140. The molecule has 3 heterocycles. The molecule has 0 saturated heterocycles. The Kier molecular flexibility index (Phi) is 3.85. The van der Waals surface area contributed by atoms with Crippen LogP contribution in [0.4, 0.5) is 21.5 Å². The fourth-order valence-corrected chi connectivity index (χ4v) is 3.61. The van der Waals surface area contributed by atoms with E-state index in [9.17, 15) is 14.5 Å². The van der Waals surface area contributed by atoms with Crippen molar-refractivity contribution < 1.29 is 9.31 Å². The van der Waals surface area contributed by atoms with Gasteiger partial charge in [0.2, 0.25) is 0 Å². The molecule has 3 aromatic heterocycles. The molecule has 130 valence electrons. The van der Waals surface area contributed by atoms with Crippen molar-refractivity contribution in [1.82, 2.24) is 14.5 Å². The number of nitrogens with zero attached hydrogens (tertiary/aromatic N) is 4. The van der Waals surface area contributed by atoms with Gasteiger partial charge in [-0.25, -0.2) is 9.37 Å². The highest BCUT2D eigenvalue weighted by Gasteiger charge is 2.14. The zero-order valence-electron chi connectivity index (χ0n) is 13.5. The molecule has 0 radical (unpaired) electrons. The van der Waals surface area contributed by atoms with Gasteiger partial charge >= 0.3 is 0 Å². The number of nitrogens with one attached hydrogen (secondary N) is 1. The molecule has 0 amide bonds. The minimum atomic E-state index is -0.689. The molecule has 0 aliphatic carbocycles. The Morgan fingerprint density at radius 2 is 2.08 bits per heavy atom. The van der Waals surface area contributed by atoms with Gasteiger partial charge in [0.15, 0.2) is 5.82 Å². The summed E-state index contributed by atoms with van der Waals surface area (Å²) in [6, 6.07) is 7.18. The number of aromatic nitrogens is 3. The normalized spacial score (nSPS) is 11.0. The van der Waals surface area contributed by atoms with Crippen LogP contribution < -0.4 is 5.32 Å². The molecule has 4 rings (SSSR count).